The molecular formula is C14H14BrNO2S. The van der Waals surface area contributed by atoms with Crippen LogP contribution >= 0.6 is 27.3 Å². The van der Waals surface area contributed by atoms with Gasteiger partial charge in [-0.3, -0.25) is 0 Å². The van der Waals surface area contributed by atoms with Gasteiger partial charge in [0, 0.05) is 18.0 Å². The van der Waals surface area contributed by atoms with Crippen LogP contribution in [0.2, 0.25) is 0 Å². The number of nitrogens with one attached hydrogen (secondary N) is 1. The number of thiophene rings is 1. The first kappa shape index (κ1) is 13.0. The van der Waals surface area contributed by atoms with Crippen LogP contribution in [-0.4, -0.2) is 13.3 Å². The molecule has 1 aromatic heterocycles. The molecule has 0 fully saturated rings. The van der Waals surface area contributed by atoms with Gasteiger partial charge in [0.1, 0.15) is 0 Å². The molecule has 0 saturated heterocycles. The molecule has 1 aliphatic rings. The summed E-state index contributed by atoms with van der Waals surface area (Å²) in [5, 5.41) is 3.45. The molecule has 3 nitrogen and oxygen atoms in total. The second-order valence-electron chi connectivity index (χ2n) is 4.32. The van der Waals surface area contributed by atoms with E-state index in [1.807, 2.05) is 12.1 Å². The summed E-state index contributed by atoms with van der Waals surface area (Å²) in [4.78, 5) is 1.39. The molecule has 0 spiro atoms. The Hall–Kier alpha value is -1.04. The van der Waals surface area contributed by atoms with E-state index in [1.165, 1.54) is 14.2 Å². The van der Waals surface area contributed by atoms with Gasteiger partial charge in [0.25, 0.3) is 0 Å². The first-order valence-electron chi connectivity index (χ1n) is 6.15. The monoisotopic (exact) mass is 339 g/mol. The number of hydrogen-bond donors (Lipinski definition) is 1. The van der Waals surface area contributed by atoms with Crippen molar-refractivity contribution in [2.24, 2.45) is 0 Å². The topological polar surface area (TPSA) is 30.5 Å². The number of hydrogen-bond acceptors (Lipinski definition) is 4. The molecule has 0 unspecified atom stereocenters. The Balaban J connectivity index is 1.47. The Morgan fingerprint density at radius 3 is 2.89 bits per heavy atom. The Morgan fingerprint density at radius 1 is 1.16 bits per heavy atom. The number of ether oxygens (including phenoxy) is 2. The lowest BCUT2D eigenvalue weighted by atomic mass is 10.2. The molecule has 0 radical (unpaired) electrons. The van der Waals surface area contributed by atoms with E-state index in [0.29, 0.717) is 6.79 Å². The van der Waals surface area contributed by atoms with Gasteiger partial charge in [-0.25, -0.2) is 0 Å². The van der Waals surface area contributed by atoms with Crippen molar-refractivity contribution in [3.63, 3.8) is 0 Å². The summed E-state index contributed by atoms with van der Waals surface area (Å²) < 4.78 is 11.9. The van der Waals surface area contributed by atoms with Crippen molar-refractivity contribution in [3.05, 3.63) is 44.6 Å². The highest BCUT2D eigenvalue weighted by atomic mass is 79.9. The summed E-state index contributed by atoms with van der Waals surface area (Å²) in [5.74, 6) is 1.69. The molecule has 0 atom stereocenters. The van der Waals surface area contributed by atoms with E-state index in [2.05, 4.69) is 39.4 Å². The highest BCUT2D eigenvalue weighted by molar-refractivity contribution is 9.11. The molecule has 0 bridgehead atoms. The van der Waals surface area contributed by atoms with Gasteiger partial charge < -0.3 is 14.8 Å². The maximum absolute atomic E-state index is 5.36. The first-order valence-corrected chi connectivity index (χ1v) is 7.76. The van der Waals surface area contributed by atoms with Crippen molar-refractivity contribution in [1.82, 2.24) is 5.32 Å². The fraction of sp³-hybridized carbons (Fsp3) is 0.286. The van der Waals surface area contributed by atoms with E-state index in [4.69, 9.17) is 9.47 Å². The van der Waals surface area contributed by atoms with E-state index < -0.39 is 0 Å². The molecule has 5 heteroatoms. The van der Waals surface area contributed by atoms with E-state index in [0.717, 1.165) is 31.0 Å². The molecule has 100 valence electrons. The average Bonchev–Trinajstić information content (AvgIpc) is 3.03. The maximum atomic E-state index is 5.36. The third-order valence-electron chi connectivity index (χ3n) is 2.94. The zero-order chi connectivity index (χ0) is 13.1. The van der Waals surface area contributed by atoms with E-state index in [9.17, 15) is 0 Å². The smallest absolute Gasteiger partial charge is 0.231 e. The summed E-state index contributed by atoms with van der Waals surface area (Å²) in [6.45, 7) is 2.16. The molecule has 0 amide bonds. The lowest BCUT2D eigenvalue weighted by Gasteiger charge is -2.05. The van der Waals surface area contributed by atoms with Crippen LogP contribution in [0.25, 0.3) is 0 Å². The van der Waals surface area contributed by atoms with Crippen LogP contribution in [0.1, 0.15) is 10.4 Å². The van der Waals surface area contributed by atoms with Crippen LogP contribution in [0.15, 0.2) is 34.1 Å². The number of benzene rings is 1. The summed E-state index contributed by atoms with van der Waals surface area (Å²) >= 11 is 5.27. The molecule has 1 aliphatic heterocycles. The van der Waals surface area contributed by atoms with Gasteiger partial charge in [0.05, 0.1) is 3.79 Å². The van der Waals surface area contributed by atoms with Crippen LogP contribution in [0.4, 0.5) is 0 Å². The molecule has 1 N–H and O–H groups in total. The average molecular weight is 340 g/mol. The Morgan fingerprint density at radius 2 is 2.05 bits per heavy atom. The van der Waals surface area contributed by atoms with Crippen LogP contribution in [-0.2, 0) is 13.0 Å². The van der Waals surface area contributed by atoms with Crippen molar-refractivity contribution in [2.75, 3.05) is 13.3 Å². The van der Waals surface area contributed by atoms with Crippen molar-refractivity contribution < 1.29 is 9.47 Å². The van der Waals surface area contributed by atoms with Gasteiger partial charge in [0.15, 0.2) is 11.5 Å². The largest absolute Gasteiger partial charge is 0.454 e. The van der Waals surface area contributed by atoms with E-state index in [-0.39, 0.29) is 0 Å². The number of fused-ring (bicyclic) bond motifs is 1. The fourth-order valence-corrected chi connectivity index (χ4v) is 3.46. The number of rotatable bonds is 5. The minimum atomic E-state index is 0.333. The van der Waals surface area contributed by atoms with Crippen molar-refractivity contribution in [2.45, 2.75) is 13.0 Å². The highest BCUT2D eigenvalue weighted by Gasteiger charge is 2.12. The Kier molecular flexibility index (Phi) is 4.06. The maximum Gasteiger partial charge on any atom is 0.231 e. The molecule has 2 heterocycles. The molecule has 3 rings (SSSR count). The quantitative estimate of drug-likeness (QED) is 0.844. The fourth-order valence-electron chi connectivity index (χ4n) is 1.98. The molecule has 0 saturated carbocycles. The summed E-state index contributed by atoms with van der Waals surface area (Å²) in [7, 11) is 0. The van der Waals surface area contributed by atoms with Crippen LogP contribution < -0.4 is 14.8 Å². The van der Waals surface area contributed by atoms with Crippen LogP contribution in [0.5, 0.6) is 11.5 Å². The number of halogens is 1. The summed E-state index contributed by atoms with van der Waals surface area (Å²) in [6, 6.07) is 10.3. The van der Waals surface area contributed by atoms with Gasteiger partial charge >= 0.3 is 0 Å². The summed E-state index contributed by atoms with van der Waals surface area (Å²) in [6.07, 6.45) is 1.06. The predicted molar refractivity (Wildman–Crippen MR) is 80.0 cm³/mol. The molecular weight excluding hydrogens is 326 g/mol. The van der Waals surface area contributed by atoms with E-state index >= 15 is 0 Å². The van der Waals surface area contributed by atoms with Crippen molar-refractivity contribution >= 4 is 27.3 Å². The second kappa shape index (κ2) is 5.94. The third-order valence-corrected chi connectivity index (χ3v) is 4.63. The Labute approximate surface area is 124 Å². The van der Waals surface area contributed by atoms with Crippen LogP contribution in [0.3, 0.4) is 0 Å². The zero-order valence-electron chi connectivity index (χ0n) is 10.3. The van der Waals surface area contributed by atoms with Crippen molar-refractivity contribution in [1.29, 1.82) is 0 Å². The molecule has 19 heavy (non-hydrogen) atoms. The second-order valence-corrected chi connectivity index (χ2v) is 6.87. The minimum absolute atomic E-state index is 0.333. The third kappa shape index (κ3) is 3.29. The SMILES string of the molecule is Brc1ccc(CCNCc2ccc3c(c2)OCO3)s1. The van der Waals surface area contributed by atoms with Crippen LogP contribution in [0, 0.1) is 0 Å². The van der Waals surface area contributed by atoms with Gasteiger partial charge in [0.2, 0.25) is 6.79 Å². The Bertz CT molecular complexity index is 570. The van der Waals surface area contributed by atoms with Gasteiger partial charge in [-0.15, -0.1) is 11.3 Å². The van der Waals surface area contributed by atoms with Gasteiger partial charge in [-0.2, -0.15) is 0 Å². The molecule has 2 aromatic rings. The highest BCUT2D eigenvalue weighted by Crippen LogP contribution is 2.32. The van der Waals surface area contributed by atoms with Gasteiger partial charge in [-0.1, -0.05) is 6.07 Å². The predicted octanol–water partition coefficient (Wildman–Crippen LogP) is 3.57. The standard InChI is InChI=1S/C14H14BrNO2S/c15-14-4-2-11(19-14)5-6-16-8-10-1-3-12-13(7-10)18-9-17-12/h1-4,7,16H,5-6,8-9H2. The van der Waals surface area contributed by atoms with Gasteiger partial charge in [-0.05, 0) is 52.2 Å². The summed E-state index contributed by atoms with van der Waals surface area (Å²) in [5.41, 5.74) is 1.22. The van der Waals surface area contributed by atoms with Crippen molar-refractivity contribution in [3.8, 4) is 11.5 Å². The lowest BCUT2D eigenvalue weighted by Crippen LogP contribution is -2.16. The first-order chi connectivity index (χ1) is 9.31. The minimum Gasteiger partial charge on any atom is -0.454 e. The molecule has 1 aromatic carbocycles. The molecule has 0 aliphatic carbocycles. The normalized spacial score (nSPS) is 12.9. The van der Waals surface area contributed by atoms with E-state index in [1.54, 1.807) is 11.3 Å². The zero-order valence-corrected chi connectivity index (χ0v) is 12.7. The lowest BCUT2D eigenvalue weighted by molar-refractivity contribution is 0.174.